The number of rotatable bonds is 4. The Kier molecular flexibility index (Phi) is 4.16. The van der Waals surface area contributed by atoms with Crippen molar-refractivity contribution in [3.63, 3.8) is 0 Å². The molecule has 25 heavy (non-hydrogen) atoms. The molecule has 0 aliphatic heterocycles. The van der Waals surface area contributed by atoms with Gasteiger partial charge < -0.3 is 4.42 Å². The lowest BCUT2D eigenvalue weighted by atomic mass is 10.1. The largest absolute Gasteiger partial charge is 0.434 e. The van der Waals surface area contributed by atoms with Crippen LogP contribution in [0.4, 0.5) is 5.69 Å². The molecule has 0 radical (unpaired) electrons. The Bertz CT molecular complexity index is 978. The highest BCUT2D eigenvalue weighted by atomic mass is 16.4. The van der Waals surface area contributed by atoms with E-state index < -0.39 is 0 Å². The standard InChI is InChI=1S/C21H15N3O/c1-3-8-16(9-4-1)20-19(15-23-18-11-5-2-6-12-18)25-21(24-20)17-10-7-13-22-14-17/h1-15H. The number of aliphatic imine (C=N–C) groups is 1. The zero-order chi connectivity index (χ0) is 16.9. The summed E-state index contributed by atoms with van der Waals surface area (Å²) in [5.41, 5.74) is 3.44. The quantitative estimate of drug-likeness (QED) is 0.487. The van der Waals surface area contributed by atoms with Crippen LogP contribution in [0.1, 0.15) is 5.76 Å². The SMILES string of the molecule is C(=Nc1ccccc1)c1oc(-c2cccnc2)nc1-c1ccccc1. The maximum absolute atomic E-state index is 5.98. The lowest BCUT2D eigenvalue weighted by molar-refractivity contribution is 0.568. The number of para-hydroxylation sites is 1. The lowest BCUT2D eigenvalue weighted by Gasteiger charge is -1.96. The Morgan fingerprint density at radius 3 is 2.24 bits per heavy atom. The minimum absolute atomic E-state index is 0.529. The van der Waals surface area contributed by atoms with Gasteiger partial charge in [0.2, 0.25) is 5.89 Å². The molecule has 0 saturated carbocycles. The van der Waals surface area contributed by atoms with E-state index in [0.29, 0.717) is 11.7 Å². The molecule has 0 aliphatic rings. The van der Waals surface area contributed by atoms with E-state index in [-0.39, 0.29) is 0 Å². The van der Waals surface area contributed by atoms with Gasteiger partial charge in [-0.2, -0.15) is 0 Å². The van der Waals surface area contributed by atoms with E-state index in [1.165, 1.54) is 0 Å². The number of oxazole rings is 1. The number of benzene rings is 2. The molecule has 2 aromatic carbocycles. The second-order valence-electron chi connectivity index (χ2n) is 5.43. The van der Waals surface area contributed by atoms with Crippen LogP contribution in [0.3, 0.4) is 0 Å². The summed E-state index contributed by atoms with van der Waals surface area (Å²) < 4.78 is 5.98. The molecule has 0 fully saturated rings. The van der Waals surface area contributed by atoms with Gasteiger partial charge in [0.05, 0.1) is 17.5 Å². The van der Waals surface area contributed by atoms with Crippen molar-refractivity contribution in [3.05, 3.63) is 91.0 Å². The fraction of sp³-hybridized carbons (Fsp3) is 0. The van der Waals surface area contributed by atoms with Crippen molar-refractivity contribution < 1.29 is 4.42 Å². The van der Waals surface area contributed by atoms with Crippen molar-refractivity contribution in [2.24, 2.45) is 4.99 Å². The Balaban J connectivity index is 1.78. The van der Waals surface area contributed by atoms with Crippen molar-refractivity contribution in [2.75, 3.05) is 0 Å². The van der Waals surface area contributed by atoms with E-state index in [0.717, 1.165) is 22.5 Å². The van der Waals surface area contributed by atoms with E-state index in [2.05, 4.69) is 15.0 Å². The van der Waals surface area contributed by atoms with Crippen LogP contribution in [0, 0.1) is 0 Å². The van der Waals surface area contributed by atoms with Crippen molar-refractivity contribution in [3.8, 4) is 22.7 Å². The van der Waals surface area contributed by atoms with Crippen molar-refractivity contribution in [2.45, 2.75) is 0 Å². The molecule has 4 nitrogen and oxygen atoms in total. The van der Waals surface area contributed by atoms with Gasteiger partial charge in [-0.05, 0) is 24.3 Å². The smallest absolute Gasteiger partial charge is 0.228 e. The molecule has 4 heteroatoms. The van der Waals surface area contributed by atoms with Gasteiger partial charge in [0, 0.05) is 18.0 Å². The first-order valence-corrected chi connectivity index (χ1v) is 7.96. The molecule has 2 heterocycles. The van der Waals surface area contributed by atoms with Crippen LogP contribution in [0.25, 0.3) is 22.7 Å². The highest BCUT2D eigenvalue weighted by Gasteiger charge is 2.15. The van der Waals surface area contributed by atoms with Gasteiger partial charge in [0.25, 0.3) is 0 Å². The summed E-state index contributed by atoms with van der Waals surface area (Å²) in [6.45, 7) is 0. The van der Waals surface area contributed by atoms with Crippen LogP contribution in [-0.4, -0.2) is 16.2 Å². The molecule has 0 atom stereocenters. The first kappa shape index (κ1) is 15.0. The number of nitrogens with zero attached hydrogens (tertiary/aromatic N) is 3. The molecule has 0 spiro atoms. The molecule has 0 saturated heterocycles. The van der Waals surface area contributed by atoms with Crippen molar-refractivity contribution >= 4 is 11.9 Å². The summed E-state index contributed by atoms with van der Waals surface area (Å²) in [5.74, 6) is 1.15. The Morgan fingerprint density at radius 1 is 0.800 bits per heavy atom. The van der Waals surface area contributed by atoms with E-state index in [4.69, 9.17) is 4.42 Å². The van der Waals surface area contributed by atoms with Gasteiger partial charge in [0.1, 0.15) is 5.69 Å². The maximum Gasteiger partial charge on any atom is 0.228 e. The van der Waals surface area contributed by atoms with E-state index in [9.17, 15) is 0 Å². The number of aromatic nitrogens is 2. The highest BCUT2D eigenvalue weighted by Crippen LogP contribution is 2.28. The van der Waals surface area contributed by atoms with Crippen LogP contribution < -0.4 is 0 Å². The minimum Gasteiger partial charge on any atom is -0.434 e. The van der Waals surface area contributed by atoms with E-state index >= 15 is 0 Å². The normalized spacial score (nSPS) is 11.0. The Morgan fingerprint density at radius 2 is 1.52 bits per heavy atom. The zero-order valence-corrected chi connectivity index (χ0v) is 13.4. The third-order valence-corrected chi connectivity index (χ3v) is 3.70. The van der Waals surface area contributed by atoms with Crippen molar-refractivity contribution in [1.82, 2.24) is 9.97 Å². The zero-order valence-electron chi connectivity index (χ0n) is 13.4. The fourth-order valence-corrected chi connectivity index (χ4v) is 2.48. The molecule has 0 N–H and O–H groups in total. The van der Waals surface area contributed by atoms with Crippen LogP contribution >= 0.6 is 0 Å². The monoisotopic (exact) mass is 325 g/mol. The molecule has 0 unspecified atom stereocenters. The second kappa shape index (κ2) is 6.93. The third kappa shape index (κ3) is 3.38. The van der Waals surface area contributed by atoms with E-state index in [1.54, 1.807) is 18.6 Å². The maximum atomic E-state index is 5.98. The van der Waals surface area contributed by atoms with Gasteiger partial charge in [-0.15, -0.1) is 0 Å². The molecule has 4 rings (SSSR count). The topological polar surface area (TPSA) is 51.3 Å². The molecule has 0 bridgehead atoms. The Hall–Kier alpha value is -3.53. The summed E-state index contributed by atoms with van der Waals surface area (Å²) in [7, 11) is 0. The summed E-state index contributed by atoms with van der Waals surface area (Å²) in [5, 5.41) is 0. The van der Waals surface area contributed by atoms with E-state index in [1.807, 2.05) is 72.8 Å². The average molecular weight is 325 g/mol. The molecular weight excluding hydrogens is 310 g/mol. The number of hydrogen-bond donors (Lipinski definition) is 0. The van der Waals surface area contributed by atoms with Crippen LogP contribution in [0.5, 0.6) is 0 Å². The molecule has 120 valence electrons. The first-order chi connectivity index (χ1) is 12.4. The third-order valence-electron chi connectivity index (χ3n) is 3.70. The van der Waals surface area contributed by atoms with Gasteiger partial charge in [0.15, 0.2) is 5.76 Å². The van der Waals surface area contributed by atoms with Gasteiger partial charge >= 0.3 is 0 Å². The predicted octanol–water partition coefficient (Wildman–Crippen LogP) is 5.15. The molecular formula is C21H15N3O. The number of pyridine rings is 1. The highest BCUT2D eigenvalue weighted by molar-refractivity contribution is 5.88. The van der Waals surface area contributed by atoms with Crippen LogP contribution in [-0.2, 0) is 0 Å². The average Bonchev–Trinajstić information content (AvgIpc) is 3.13. The molecule has 0 aliphatic carbocycles. The summed E-state index contributed by atoms with van der Waals surface area (Å²) in [6.07, 6.45) is 5.17. The lowest BCUT2D eigenvalue weighted by Crippen LogP contribution is -1.84. The van der Waals surface area contributed by atoms with Gasteiger partial charge in [-0.3, -0.25) is 9.98 Å². The predicted molar refractivity (Wildman–Crippen MR) is 98.9 cm³/mol. The molecule has 4 aromatic rings. The molecule has 2 aromatic heterocycles. The van der Waals surface area contributed by atoms with Gasteiger partial charge in [-0.1, -0.05) is 48.5 Å². The van der Waals surface area contributed by atoms with Crippen LogP contribution in [0.2, 0.25) is 0 Å². The second-order valence-corrected chi connectivity index (χ2v) is 5.43. The molecule has 0 amide bonds. The summed E-state index contributed by atoms with van der Waals surface area (Å²) >= 11 is 0. The summed E-state index contributed by atoms with van der Waals surface area (Å²) in [6, 6.07) is 23.5. The minimum atomic E-state index is 0.529. The number of hydrogen-bond acceptors (Lipinski definition) is 4. The Labute approximate surface area is 145 Å². The van der Waals surface area contributed by atoms with Crippen molar-refractivity contribution in [1.29, 1.82) is 0 Å². The van der Waals surface area contributed by atoms with Crippen LogP contribution in [0.15, 0.2) is 94.6 Å². The summed E-state index contributed by atoms with van der Waals surface area (Å²) in [4.78, 5) is 13.3. The first-order valence-electron chi connectivity index (χ1n) is 7.96. The fourth-order valence-electron chi connectivity index (χ4n) is 2.48. The van der Waals surface area contributed by atoms with Gasteiger partial charge in [-0.25, -0.2) is 4.98 Å².